The molecule has 0 aliphatic heterocycles. The molecule has 0 atom stereocenters. The van der Waals surface area contributed by atoms with Gasteiger partial charge in [0.2, 0.25) is 5.91 Å². The van der Waals surface area contributed by atoms with E-state index in [1.165, 1.54) is 10.7 Å². The topological polar surface area (TPSA) is 69.0 Å². The summed E-state index contributed by atoms with van der Waals surface area (Å²) in [5.74, 6) is -0.0445. The average Bonchev–Trinajstić information content (AvgIpc) is 3.12. The van der Waals surface area contributed by atoms with Crippen molar-refractivity contribution in [3.63, 3.8) is 0 Å². The van der Waals surface area contributed by atoms with Crippen molar-refractivity contribution >= 4 is 23.2 Å². The van der Waals surface area contributed by atoms with E-state index in [1.54, 1.807) is 56.3 Å². The molecule has 0 radical (unpaired) electrons. The molecule has 0 unspecified atom stereocenters. The van der Waals surface area contributed by atoms with Gasteiger partial charge < -0.3 is 10.1 Å². The first-order valence-corrected chi connectivity index (χ1v) is 9.72. The summed E-state index contributed by atoms with van der Waals surface area (Å²) in [6, 6.07) is 13.5. The highest BCUT2D eigenvalue weighted by Crippen LogP contribution is 2.27. The van der Waals surface area contributed by atoms with Crippen LogP contribution in [0.15, 0.2) is 48.5 Å². The molecular formula is C21H22ClFN4O2. The van der Waals surface area contributed by atoms with Gasteiger partial charge in [0, 0.05) is 11.6 Å². The van der Waals surface area contributed by atoms with Crippen molar-refractivity contribution in [3.05, 3.63) is 54.3 Å². The number of amides is 1. The Bertz CT molecular complexity index is 1000. The van der Waals surface area contributed by atoms with Crippen LogP contribution in [0.4, 0.5) is 10.1 Å². The van der Waals surface area contributed by atoms with Crippen LogP contribution < -0.4 is 10.1 Å². The number of carbonyl (C=O) groups is 1. The summed E-state index contributed by atoms with van der Waals surface area (Å²) in [7, 11) is 0. The lowest BCUT2D eigenvalue weighted by molar-refractivity contribution is -0.122. The first kappa shape index (κ1) is 20.8. The summed E-state index contributed by atoms with van der Waals surface area (Å²) >= 11 is 5.85. The predicted octanol–water partition coefficient (Wildman–Crippen LogP) is 4.68. The number of aromatic nitrogens is 3. The summed E-state index contributed by atoms with van der Waals surface area (Å²) < 4.78 is 21.3. The number of anilines is 1. The molecule has 0 saturated heterocycles. The van der Waals surface area contributed by atoms with Crippen molar-refractivity contribution in [2.24, 2.45) is 5.41 Å². The lowest BCUT2D eigenvalue weighted by atomic mass is 9.95. The summed E-state index contributed by atoms with van der Waals surface area (Å²) in [5.41, 5.74) is 0.898. The Morgan fingerprint density at radius 2 is 1.90 bits per heavy atom. The number of nitrogens with one attached hydrogen (secondary N) is 1. The smallest absolute Gasteiger partial charge is 0.336 e. The first-order valence-electron chi connectivity index (χ1n) is 9.18. The molecule has 1 amide bonds. The summed E-state index contributed by atoms with van der Waals surface area (Å²) in [4.78, 5) is 16.6. The van der Waals surface area contributed by atoms with Crippen LogP contribution in [0.25, 0.3) is 17.1 Å². The van der Waals surface area contributed by atoms with Gasteiger partial charge in [-0.25, -0.2) is 9.07 Å². The van der Waals surface area contributed by atoms with Gasteiger partial charge in [0.15, 0.2) is 5.82 Å². The van der Waals surface area contributed by atoms with E-state index >= 15 is 0 Å². The van der Waals surface area contributed by atoms with Crippen LogP contribution in [0.1, 0.15) is 20.8 Å². The molecule has 0 fully saturated rings. The van der Waals surface area contributed by atoms with E-state index in [9.17, 15) is 9.18 Å². The molecule has 8 heteroatoms. The second-order valence-electron chi connectivity index (χ2n) is 7.06. The van der Waals surface area contributed by atoms with Crippen LogP contribution in [0.2, 0.25) is 0 Å². The average molecular weight is 417 g/mol. The van der Waals surface area contributed by atoms with E-state index in [-0.39, 0.29) is 17.8 Å². The van der Waals surface area contributed by atoms with Crippen LogP contribution in [0.5, 0.6) is 6.01 Å². The van der Waals surface area contributed by atoms with Crippen LogP contribution in [0.3, 0.4) is 0 Å². The third-order valence-corrected chi connectivity index (χ3v) is 4.96. The van der Waals surface area contributed by atoms with Crippen molar-refractivity contribution in [2.45, 2.75) is 20.8 Å². The van der Waals surface area contributed by atoms with E-state index in [4.69, 9.17) is 16.3 Å². The molecular weight excluding hydrogens is 395 g/mol. The Balaban J connectivity index is 1.94. The van der Waals surface area contributed by atoms with E-state index in [0.29, 0.717) is 29.4 Å². The second kappa shape index (κ2) is 8.61. The molecule has 1 heterocycles. The maximum absolute atomic E-state index is 14.3. The highest BCUT2D eigenvalue weighted by molar-refractivity contribution is 6.20. The number of alkyl halides is 1. The van der Waals surface area contributed by atoms with Gasteiger partial charge in [0.05, 0.1) is 23.3 Å². The fourth-order valence-corrected chi connectivity index (χ4v) is 2.65. The molecule has 0 saturated carbocycles. The van der Waals surface area contributed by atoms with Gasteiger partial charge in [-0.15, -0.1) is 16.7 Å². The van der Waals surface area contributed by atoms with Crippen molar-refractivity contribution < 1.29 is 13.9 Å². The molecule has 0 aliphatic rings. The molecule has 2 aromatic carbocycles. The van der Waals surface area contributed by atoms with Gasteiger partial charge in [-0.1, -0.05) is 12.1 Å². The fourth-order valence-electron chi connectivity index (χ4n) is 2.53. The molecule has 29 heavy (non-hydrogen) atoms. The maximum atomic E-state index is 14.3. The minimum absolute atomic E-state index is 0.159. The quantitative estimate of drug-likeness (QED) is 0.568. The summed E-state index contributed by atoms with van der Waals surface area (Å²) in [5, 5.41) is 7.18. The van der Waals surface area contributed by atoms with E-state index < -0.39 is 11.2 Å². The monoisotopic (exact) mass is 416 g/mol. The maximum Gasteiger partial charge on any atom is 0.336 e. The van der Waals surface area contributed by atoms with Gasteiger partial charge in [-0.05, 0) is 57.2 Å². The number of carbonyl (C=O) groups excluding carboxylic acids is 1. The third-order valence-electron chi connectivity index (χ3n) is 4.29. The Morgan fingerprint density at radius 1 is 1.21 bits per heavy atom. The zero-order chi connectivity index (χ0) is 21.0. The number of rotatable bonds is 7. The molecule has 0 bridgehead atoms. The Kier molecular flexibility index (Phi) is 6.17. The minimum Gasteiger partial charge on any atom is -0.463 e. The number of nitrogens with zero attached hydrogens (tertiary/aromatic N) is 3. The number of benzene rings is 2. The summed E-state index contributed by atoms with van der Waals surface area (Å²) in [6.45, 7) is 5.76. The van der Waals surface area contributed by atoms with Gasteiger partial charge in [-0.2, -0.15) is 4.98 Å². The fraction of sp³-hybridized carbons (Fsp3) is 0.286. The van der Waals surface area contributed by atoms with Crippen LogP contribution in [-0.2, 0) is 4.79 Å². The lowest BCUT2D eigenvalue weighted by Crippen LogP contribution is -2.32. The zero-order valence-electron chi connectivity index (χ0n) is 16.4. The van der Waals surface area contributed by atoms with Crippen molar-refractivity contribution in [1.29, 1.82) is 0 Å². The predicted molar refractivity (Wildman–Crippen MR) is 111 cm³/mol. The zero-order valence-corrected chi connectivity index (χ0v) is 17.2. The van der Waals surface area contributed by atoms with Crippen LogP contribution in [0, 0.1) is 11.2 Å². The Hall–Kier alpha value is -2.93. The molecule has 0 spiro atoms. The second-order valence-corrected chi connectivity index (χ2v) is 7.33. The molecule has 0 aliphatic carbocycles. The van der Waals surface area contributed by atoms with E-state index in [0.717, 1.165) is 0 Å². The molecule has 3 rings (SSSR count). The largest absolute Gasteiger partial charge is 0.463 e. The number of hydrogen-bond donors (Lipinski definition) is 1. The molecule has 152 valence electrons. The van der Waals surface area contributed by atoms with E-state index in [1.807, 2.05) is 6.92 Å². The highest BCUT2D eigenvalue weighted by Gasteiger charge is 2.26. The molecule has 6 nitrogen and oxygen atoms in total. The van der Waals surface area contributed by atoms with E-state index in [2.05, 4.69) is 15.4 Å². The molecule has 3 aromatic rings. The van der Waals surface area contributed by atoms with Crippen molar-refractivity contribution in [3.8, 4) is 23.1 Å². The van der Waals surface area contributed by atoms with Gasteiger partial charge in [0.1, 0.15) is 5.82 Å². The van der Waals surface area contributed by atoms with Gasteiger partial charge in [-0.3, -0.25) is 4.79 Å². The van der Waals surface area contributed by atoms with Crippen LogP contribution in [-0.4, -0.2) is 33.2 Å². The minimum atomic E-state index is -0.684. The van der Waals surface area contributed by atoms with Gasteiger partial charge in [0.25, 0.3) is 0 Å². The number of hydrogen-bond acceptors (Lipinski definition) is 4. The summed E-state index contributed by atoms with van der Waals surface area (Å²) in [6.07, 6.45) is 0. The number of ether oxygens (including phenoxy) is 1. The third kappa shape index (κ3) is 4.56. The normalized spacial score (nSPS) is 11.3. The van der Waals surface area contributed by atoms with Crippen molar-refractivity contribution in [2.75, 3.05) is 17.8 Å². The molecule has 1 aromatic heterocycles. The van der Waals surface area contributed by atoms with Gasteiger partial charge >= 0.3 is 6.01 Å². The number of halogens is 2. The Labute approximate surface area is 173 Å². The molecule has 1 N–H and O–H groups in total. The highest BCUT2D eigenvalue weighted by atomic mass is 35.5. The standard InChI is InChI=1S/C21H22ClFN4O2/c1-4-29-20-25-18(16-7-5-6-8-17(16)23)27(26-20)15-11-9-14(10-12-15)24-19(28)21(2,3)13-22/h5-12H,4,13H2,1-3H3,(H,24,28). The SMILES string of the molecule is CCOc1nc(-c2ccccc2F)n(-c2ccc(NC(=O)C(C)(C)CCl)cc2)n1. The lowest BCUT2D eigenvalue weighted by Gasteiger charge is -2.20. The van der Waals surface area contributed by atoms with Crippen LogP contribution >= 0.6 is 11.6 Å². The van der Waals surface area contributed by atoms with Crippen molar-refractivity contribution in [1.82, 2.24) is 14.8 Å². The first-order chi connectivity index (χ1) is 13.9. The Morgan fingerprint density at radius 3 is 2.52 bits per heavy atom.